The van der Waals surface area contributed by atoms with E-state index in [4.69, 9.17) is 9.47 Å². The van der Waals surface area contributed by atoms with Gasteiger partial charge in [0.15, 0.2) is 23.1 Å². The zero-order valence-corrected chi connectivity index (χ0v) is 13.0. The van der Waals surface area contributed by atoms with Crippen LogP contribution in [0.25, 0.3) is 22.0 Å². The molecule has 0 saturated heterocycles. The molecule has 0 spiro atoms. The van der Waals surface area contributed by atoms with Gasteiger partial charge in [0.1, 0.15) is 0 Å². The lowest BCUT2D eigenvalue weighted by Crippen LogP contribution is -1.99. The van der Waals surface area contributed by atoms with Gasteiger partial charge in [-0.1, -0.05) is 19.1 Å². The molecule has 0 radical (unpaired) electrons. The summed E-state index contributed by atoms with van der Waals surface area (Å²) in [7, 11) is 2.65. The van der Waals surface area contributed by atoms with Crippen LogP contribution in [0.3, 0.4) is 0 Å². The monoisotopic (exact) mass is 318 g/mol. The number of aromatic amines is 1. The Morgan fingerprint density at radius 2 is 1.70 bits per heavy atom. The van der Waals surface area contributed by atoms with Crippen molar-refractivity contribution in [2.45, 2.75) is 13.3 Å². The molecule has 0 aliphatic rings. The molecule has 0 fully saturated rings. The fourth-order valence-corrected chi connectivity index (χ4v) is 2.64. The highest BCUT2D eigenvalue weighted by atomic mass is 19.1. The number of rotatable bonds is 4. The number of aromatic nitrogens is 2. The molecule has 120 valence electrons. The average molecular weight is 318 g/mol. The van der Waals surface area contributed by atoms with E-state index in [1.54, 1.807) is 18.2 Å². The standard InChI is InChI=1S/C17H16F2N2O2/c1-4-11-10-6-5-9(7-12(10)21-20-11)15-16(18)13(22-2)8-14(23-3)17(15)19/h5-8H,4H2,1-3H3,(H,20,21). The Hall–Kier alpha value is -2.63. The molecule has 4 nitrogen and oxygen atoms in total. The van der Waals surface area contributed by atoms with Crippen LogP contribution in [0.1, 0.15) is 12.6 Å². The van der Waals surface area contributed by atoms with Crippen molar-refractivity contribution in [3.05, 3.63) is 41.6 Å². The van der Waals surface area contributed by atoms with Crippen LogP contribution < -0.4 is 9.47 Å². The Morgan fingerprint density at radius 3 is 2.26 bits per heavy atom. The van der Waals surface area contributed by atoms with E-state index < -0.39 is 11.6 Å². The van der Waals surface area contributed by atoms with Crippen molar-refractivity contribution < 1.29 is 18.3 Å². The molecule has 23 heavy (non-hydrogen) atoms. The van der Waals surface area contributed by atoms with Gasteiger partial charge in [-0.25, -0.2) is 8.78 Å². The van der Waals surface area contributed by atoms with Crippen LogP contribution in [0.15, 0.2) is 24.3 Å². The summed E-state index contributed by atoms with van der Waals surface area (Å²) in [4.78, 5) is 0. The van der Waals surface area contributed by atoms with Crippen LogP contribution in [-0.2, 0) is 6.42 Å². The van der Waals surface area contributed by atoms with Crippen molar-refractivity contribution in [3.8, 4) is 22.6 Å². The number of nitrogens with zero attached hydrogens (tertiary/aromatic N) is 1. The van der Waals surface area contributed by atoms with Crippen LogP contribution in [0.5, 0.6) is 11.5 Å². The van der Waals surface area contributed by atoms with Gasteiger partial charge < -0.3 is 9.47 Å². The van der Waals surface area contributed by atoms with Crippen LogP contribution in [0.2, 0.25) is 0 Å². The second-order valence-corrected chi connectivity index (χ2v) is 5.07. The van der Waals surface area contributed by atoms with Gasteiger partial charge in [-0.3, -0.25) is 5.10 Å². The maximum Gasteiger partial charge on any atom is 0.176 e. The van der Waals surface area contributed by atoms with Crippen LogP contribution in [0, 0.1) is 11.6 Å². The first-order valence-corrected chi connectivity index (χ1v) is 7.18. The van der Waals surface area contributed by atoms with Gasteiger partial charge in [0, 0.05) is 11.5 Å². The minimum Gasteiger partial charge on any atom is -0.494 e. The molecule has 0 amide bonds. The molecule has 0 bridgehead atoms. The van der Waals surface area contributed by atoms with E-state index >= 15 is 0 Å². The summed E-state index contributed by atoms with van der Waals surface area (Å²) in [6.45, 7) is 2.00. The zero-order valence-electron chi connectivity index (χ0n) is 13.0. The number of methoxy groups -OCH3 is 2. The fraction of sp³-hybridized carbons (Fsp3) is 0.235. The third-order valence-electron chi connectivity index (χ3n) is 3.84. The third-order valence-corrected chi connectivity index (χ3v) is 3.84. The van der Waals surface area contributed by atoms with Gasteiger partial charge >= 0.3 is 0 Å². The van der Waals surface area contributed by atoms with Gasteiger partial charge in [0.05, 0.1) is 31.0 Å². The van der Waals surface area contributed by atoms with Crippen molar-refractivity contribution in [1.29, 1.82) is 0 Å². The molecule has 3 aromatic rings. The Bertz CT molecular complexity index is 846. The highest BCUT2D eigenvalue weighted by Crippen LogP contribution is 2.38. The highest BCUT2D eigenvalue weighted by Gasteiger charge is 2.22. The Balaban J connectivity index is 2.25. The normalized spacial score (nSPS) is 11.0. The van der Waals surface area contributed by atoms with Crippen LogP contribution in [0.4, 0.5) is 8.78 Å². The lowest BCUT2D eigenvalue weighted by molar-refractivity contribution is 0.360. The highest BCUT2D eigenvalue weighted by molar-refractivity contribution is 5.87. The van der Waals surface area contributed by atoms with Crippen LogP contribution in [-0.4, -0.2) is 24.4 Å². The first kappa shape index (κ1) is 15.3. The number of fused-ring (bicyclic) bond motifs is 1. The number of H-pyrrole nitrogens is 1. The summed E-state index contributed by atoms with van der Waals surface area (Å²) in [5, 5.41) is 8.02. The van der Waals surface area contributed by atoms with E-state index in [2.05, 4.69) is 10.2 Å². The molecular formula is C17H16F2N2O2. The summed E-state index contributed by atoms with van der Waals surface area (Å²) in [5.74, 6) is -1.67. The number of hydrogen-bond donors (Lipinski definition) is 1. The molecule has 0 aliphatic heterocycles. The van der Waals surface area contributed by atoms with Gasteiger partial charge in [-0.15, -0.1) is 0 Å². The van der Waals surface area contributed by atoms with Crippen molar-refractivity contribution in [2.24, 2.45) is 0 Å². The Kier molecular flexibility index (Phi) is 3.90. The summed E-state index contributed by atoms with van der Waals surface area (Å²) < 4.78 is 39.1. The minimum atomic E-state index is -0.764. The summed E-state index contributed by atoms with van der Waals surface area (Å²) >= 11 is 0. The molecule has 2 aromatic carbocycles. The van der Waals surface area contributed by atoms with Crippen molar-refractivity contribution in [2.75, 3.05) is 14.2 Å². The second-order valence-electron chi connectivity index (χ2n) is 5.07. The zero-order chi connectivity index (χ0) is 16.6. The SMILES string of the molecule is CCc1n[nH]c2cc(-c3c(F)c(OC)cc(OC)c3F)ccc12. The first-order valence-electron chi connectivity index (χ1n) is 7.18. The molecule has 0 unspecified atom stereocenters. The molecule has 0 atom stereocenters. The molecule has 1 heterocycles. The molecule has 6 heteroatoms. The first-order chi connectivity index (χ1) is 11.1. The molecule has 1 aromatic heterocycles. The smallest absolute Gasteiger partial charge is 0.176 e. The maximum absolute atomic E-state index is 14.6. The Labute approximate surface area is 132 Å². The van der Waals surface area contributed by atoms with Crippen molar-refractivity contribution in [1.82, 2.24) is 10.2 Å². The minimum absolute atomic E-state index is 0.0720. The summed E-state index contributed by atoms with van der Waals surface area (Å²) in [6.07, 6.45) is 0.773. The lowest BCUT2D eigenvalue weighted by atomic mass is 10.0. The van der Waals surface area contributed by atoms with E-state index in [-0.39, 0.29) is 17.1 Å². The lowest BCUT2D eigenvalue weighted by Gasteiger charge is -2.12. The van der Waals surface area contributed by atoms with E-state index in [0.717, 1.165) is 23.0 Å². The third kappa shape index (κ3) is 2.40. The quantitative estimate of drug-likeness (QED) is 0.788. The Morgan fingerprint density at radius 1 is 1.04 bits per heavy atom. The van der Waals surface area contributed by atoms with E-state index in [9.17, 15) is 8.78 Å². The van der Waals surface area contributed by atoms with Crippen LogP contribution >= 0.6 is 0 Å². The average Bonchev–Trinajstić information content (AvgIpc) is 2.97. The van der Waals surface area contributed by atoms with Crippen molar-refractivity contribution in [3.63, 3.8) is 0 Å². The number of aryl methyl sites for hydroxylation is 1. The van der Waals surface area contributed by atoms with Gasteiger partial charge in [-0.2, -0.15) is 5.10 Å². The molecular weight excluding hydrogens is 302 g/mol. The summed E-state index contributed by atoms with van der Waals surface area (Å²) in [6, 6.07) is 6.33. The van der Waals surface area contributed by atoms with E-state index in [1.165, 1.54) is 20.3 Å². The molecule has 1 N–H and O–H groups in total. The predicted octanol–water partition coefficient (Wildman–Crippen LogP) is 4.09. The number of halogens is 2. The van der Waals surface area contributed by atoms with E-state index in [0.29, 0.717) is 5.56 Å². The molecule has 3 rings (SSSR count). The predicted molar refractivity (Wildman–Crippen MR) is 83.9 cm³/mol. The topological polar surface area (TPSA) is 47.1 Å². The number of hydrogen-bond acceptors (Lipinski definition) is 3. The molecule has 0 aliphatic carbocycles. The van der Waals surface area contributed by atoms with Crippen molar-refractivity contribution >= 4 is 10.9 Å². The van der Waals surface area contributed by atoms with Gasteiger partial charge in [0.2, 0.25) is 0 Å². The largest absolute Gasteiger partial charge is 0.494 e. The number of nitrogens with one attached hydrogen (secondary N) is 1. The van der Waals surface area contributed by atoms with Gasteiger partial charge in [0.25, 0.3) is 0 Å². The van der Waals surface area contributed by atoms with Gasteiger partial charge in [-0.05, 0) is 18.1 Å². The summed E-state index contributed by atoms with van der Waals surface area (Å²) in [5.41, 5.74) is 1.84. The maximum atomic E-state index is 14.6. The fourth-order valence-electron chi connectivity index (χ4n) is 2.64. The van der Waals surface area contributed by atoms with E-state index in [1.807, 2.05) is 6.92 Å². The second kappa shape index (κ2) is 5.87. The number of ether oxygens (including phenoxy) is 2. The number of benzene rings is 2. The molecule has 0 saturated carbocycles.